The molecule has 2 aromatic rings. The van der Waals surface area contributed by atoms with Gasteiger partial charge < -0.3 is 9.47 Å². The lowest BCUT2D eigenvalue weighted by Gasteiger charge is -2.38. The molecule has 2 aromatic carbocycles. The molecule has 156 valence electrons. The zero-order valence-corrected chi connectivity index (χ0v) is 17.7. The van der Waals surface area contributed by atoms with Crippen LogP contribution in [0.25, 0.3) is 0 Å². The number of nitriles is 1. The van der Waals surface area contributed by atoms with Gasteiger partial charge in [0.15, 0.2) is 0 Å². The number of fused-ring (bicyclic) bond motifs is 3. The molecule has 0 amide bonds. The largest absolute Gasteiger partial charge is 0.492 e. The van der Waals surface area contributed by atoms with Crippen LogP contribution in [0.3, 0.4) is 0 Å². The van der Waals surface area contributed by atoms with Crippen LogP contribution in [0.15, 0.2) is 53.7 Å². The van der Waals surface area contributed by atoms with Gasteiger partial charge in [0.1, 0.15) is 11.8 Å². The Labute approximate surface area is 185 Å². The van der Waals surface area contributed by atoms with E-state index in [9.17, 15) is 10.1 Å². The minimum atomic E-state index is -0.391. The highest BCUT2D eigenvalue weighted by Crippen LogP contribution is 2.45. The molecule has 1 unspecified atom stereocenters. The van der Waals surface area contributed by atoms with Crippen molar-refractivity contribution in [2.75, 3.05) is 20.3 Å². The Kier molecular flexibility index (Phi) is 4.71. The molecule has 31 heavy (non-hydrogen) atoms. The lowest BCUT2D eigenvalue weighted by atomic mass is 9.85. The van der Waals surface area contributed by atoms with Gasteiger partial charge in [0.05, 0.1) is 47.0 Å². The molecule has 0 bridgehead atoms. The summed E-state index contributed by atoms with van der Waals surface area (Å²) in [6, 6.07) is 13.1. The normalized spacial score (nSPS) is 20.4. The Bertz CT molecular complexity index is 1170. The standard InChI is InChI=1S/C24H20ClN3O3/c1-30-23(29)15-5-7-19-21(10-15)31-14-17-13-28(27-22(17)19)24(8-2-3-9-24)18-6-4-16(12-26)20(25)11-18/h2-7,10-11,17H,8-9,13-14H2,1H3. The van der Waals surface area contributed by atoms with Crippen molar-refractivity contribution >= 4 is 23.3 Å². The van der Waals surface area contributed by atoms with Crippen LogP contribution in [0, 0.1) is 17.2 Å². The second kappa shape index (κ2) is 7.44. The monoisotopic (exact) mass is 433 g/mol. The highest BCUT2D eigenvalue weighted by atomic mass is 35.5. The van der Waals surface area contributed by atoms with Crippen LogP contribution in [-0.2, 0) is 10.3 Å². The van der Waals surface area contributed by atoms with Crippen LogP contribution < -0.4 is 4.74 Å². The molecule has 5 rings (SSSR count). The number of esters is 1. The number of hydrazone groups is 1. The second-order valence-electron chi connectivity index (χ2n) is 8.00. The highest BCUT2D eigenvalue weighted by molar-refractivity contribution is 6.31. The number of carbonyl (C=O) groups is 1. The molecule has 6 nitrogen and oxygen atoms in total. The SMILES string of the molecule is COC(=O)c1ccc2c(c1)OCC1CN(C3(c4ccc(C#N)c(Cl)c4)CC=CC3)N=C21. The van der Waals surface area contributed by atoms with Crippen LogP contribution in [0.4, 0.5) is 0 Å². The summed E-state index contributed by atoms with van der Waals surface area (Å²) in [5.74, 6) is 0.403. The number of rotatable bonds is 3. The van der Waals surface area contributed by atoms with E-state index in [-0.39, 0.29) is 11.5 Å². The van der Waals surface area contributed by atoms with Crippen molar-refractivity contribution in [2.45, 2.75) is 18.4 Å². The molecule has 3 aliphatic rings. The first-order chi connectivity index (χ1) is 15.1. The maximum Gasteiger partial charge on any atom is 0.337 e. The zero-order chi connectivity index (χ0) is 21.6. The van der Waals surface area contributed by atoms with Crippen molar-refractivity contribution in [2.24, 2.45) is 11.0 Å². The molecule has 1 atom stereocenters. The molecule has 0 aromatic heterocycles. The van der Waals surface area contributed by atoms with Crippen molar-refractivity contribution in [3.63, 3.8) is 0 Å². The first-order valence-corrected chi connectivity index (χ1v) is 10.5. The van der Waals surface area contributed by atoms with Gasteiger partial charge in [-0.1, -0.05) is 29.8 Å². The quantitative estimate of drug-likeness (QED) is 0.533. The summed E-state index contributed by atoms with van der Waals surface area (Å²) in [4.78, 5) is 11.9. The Balaban J connectivity index is 1.53. The van der Waals surface area contributed by atoms with Gasteiger partial charge in [-0.3, -0.25) is 5.01 Å². The molecule has 0 saturated carbocycles. The van der Waals surface area contributed by atoms with E-state index in [1.165, 1.54) is 7.11 Å². The molecule has 0 N–H and O–H groups in total. The molecular weight excluding hydrogens is 414 g/mol. The van der Waals surface area contributed by atoms with Crippen LogP contribution >= 0.6 is 11.6 Å². The van der Waals surface area contributed by atoms with Crippen molar-refractivity contribution in [1.82, 2.24) is 5.01 Å². The highest BCUT2D eigenvalue weighted by Gasteiger charge is 2.45. The predicted octanol–water partition coefficient (Wildman–Crippen LogP) is 4.27. The van der Waals surface area contributed by atoms with Gasteiger partial charge in [0.25, 0.3) is 0 Å². The van der Waals surface area contributed by atoms with E-state index in [0.29, 0.717) is 28.5 Å². The third-order valence-corrected chi connectivity index (χ3v) is 6.64. The molecule has 0 fully saturated rings. The summed E-state index contributed by atoms with van der Waals surface area (Å²) in [7, 11) is 1.36. The number of ether oxygens (including phenoxy) is 2. The summed E-state index contributed by atoms with van der Waals surface area (Å²) in [5.41, 5.74) is 3.52. The van der Waals surface area contributed by atoms with E-state index in [0.717, 1.165) is 36.2 Å². The second-order valence-corrected chi connectivity index (χ2v) is 8.40. The number of halogens is 1. The average molecular weight is 434 g/mol. The van der Waals surface area contributed by atoms with E-state index in [1.807, 2.05) is 18.2 Å². The van der Waals surface area contributed by atoms with E-state index in [2.05, 4.69) is 23.2 Å². The molecule has 0 saturated heterocycles. The van der Waals surface area contributed by atoms with Crippen LogP contribution in [-0.4, -0.2) is 37.0 Å². The Hall–Kier alpha value is -3.30. The summed E-state index contributed by atoms with van der Waals surface area (Å²) in [6.45, 7) is 1.23. The van der Waals surface area contributed by atoms with E-state index < -0.39 is 5.97 Å². The predicted molar refractivity (Wildman–Crippen MR) is 116 cm³/mol. The van der Waals surface area contributed by atoms with Crippen molar-refractivity contribution in [3.05, 3.63) is 75.8 Å². The fourth-order valence-corrected chi connectivity index (χ4v) is 4.87. The molecular formula is C24H20ClN3O3. The number of benzene rings is 2. The van der Waals surface area contributed by atoms with Crippen LogP contribution in [0.2, 0.25) is 5.02 Å². The van der Waals surface area contributed by atoms with E-state index in [4.69, 9.17) is 26.2 Å². The first-order valence-electron chi connectivity index (χ1n) is 10.1. The topological polar surface area (TPSA) is 74.9 Å². The van der Waals surface area contributed by atoms with E-state index in [1.54, 1.807) is 18.2 Å². The van der Waals surface area contributed by atoms with Crippen molar-refractivity contribution in [3.8, 4) is 11.8 Å². The fourth-order valence-electron chi connectivity index (χ4n) is 4.64. The third kappa shape index (κ3) is 3.08. The molecule has 0 spiro atoms. The number of hydrogen-bond donors (Lipinski definition) is 0. The molecule has 1 aliphatic carbocycles. The minimum absolute atomic E-state index is 0.141. The van der Waals surface area contributed by atoms with Gasteiger partial charge in [-0.05, 0) is 48.7 Å². The number of hydrogen-bond acceptors (Lipinski definition) is 6. The van der Waals surface area contributed by atoms with Gasteiger partial charge in [0, 0.05) is 12.1 Å². The van der Waals surface area contributed by atoms with Crippen molar-refractivity contribution < 1.29 is 14.3 Å². The third-order valence-electron chi connectivity index (χ3n) is 6.33. The number of nitrogens with zero attached hydrogens (tertiary/aromatic N) is 3. The first kappa shape index (κ1) is 19.7. The molecule has 2 heterocycles. The number of carbonyl (C=O) groups excluding carboxylic acids is 1. The van der Waals surface area contributed by atoms with Crippen LogP contribution in [0.5, 0.6) is 5.75 Å². The zero-order valence-electron chi connectivity index (χ0n) is 17.0. The summed E-state index contributed by atoms with van der Waals surface area (Å²) >= 11 is 6.36. The van der Waals surface area contributed by atoms with Crippen LogP contribution in [0.1, 0.15) is 39.9 Å². The average Bonchev–Trinajstić information content (AvgIpc) is 3.46. The van der Waals surface area contributed by atoms with Gasteiger partial charge >= 0.3 is 5.97 Å². The smallest absolute Gasteiger partial charge is 0.337 e. The lowest BCUT2D eigenvalue weighted by Crippen LogP contribution is -2.41. The Morgan fingerprint density at radius 1 is 1.29 bits per heavy atom. The Morgan fingerprint density at radius 2 is 2.10 bits per heavy atom. The summed E-state index contributed by atoms with van der Waals surface area (Å²) < 4.78 is 10.8. The maximum atomic E-state index is 11.9. The minimum Gasteiger partial charge on any atom is -0.492 e. The molecule has 7 heteroatoms. The molecule has 0 radical (unpaired) electrons. The Morgan fingerprint density at radius 3 is 2.81 bits per heavy atom. The van der Waals surface area contributed by atoms with Gasteiger partial charge in [0.2, 0.25) is 0 Å². The van der Waals surface area contributed by atoms with Gasteiger partial charge in [-0.25, -0.2) is 4.79 Å². The lowest BCUT2D eigenvalue weighted by molar-refractivity contribution is 0.0600. The van der Waals surface area contributed by atoms with Gasteiger partial charge in [-0.15, -0.1) is 0 Å². The summed E-state index contributed by atoms with van der Waals surface area (Å²) in [6.07, 6.45) is 5.96. The van der Waals surface area contributed by atoms with Gasteiger partial charge in [-0.2, -0.15) is 10.4 Å². The molecule has 2 aliphatic heterocycles. The summed E-state index contributed by atoms with van der Waals surface area (Å²) in [5, 5.41) is 16.9. The fraction of sp³-hybridized carbons (Fsp3) is 0.292. The number of methoxy groups -OCH3 is 1. The van der Waals surface area contributed by atoms with E-state index >= 15 is 0 Å². The maximum absolute atomic E-state index is 11.9. The van der Waals surface area contributed by atoms with Crippen molar-refractivity contribution in [1.29, 1.82) is 5.26 Å².